The van der Waals surface area contributed by atoms with Gasteiger partial charge in [0.1, 0.15) is 10.6 Å². The van der Waals surface area contributed by atoms with E-state index in [4.69, 9.17) is 4.74 Å². The van der Waals surface area contributed by atoms with Crippen LogP contribution in [0.2, 0.25) is 0 Å². The van der Waals surface area contributed by atoms with E-state index < -0.39 is 16.4 Å². The van der Waals surface area contributed by atoms with Gasteiger partial charge in [0.05, 0.1) is 30.6 Å². The van der Waals surface area contributed by atoms with Gasteiger partial charge in [-0.05, 0) is 12.1 Å². The van der Waals surface area contributed by atoms with Gasteiger partial charge < -0.3 is 4.74 Å². The van der Waals surface area contributed by atoms with Gasteiger partial charge in [-0.15, -0.1) is 0 Å². The van der Waals surface area contributed by atoms with Crippen molar-refractivity contribution < 1.29 is 21.9 Å². The smallest absolute Gasteiger partial charge is 0.266 e. The average molecular weight is 435 g/mol. The number of nitrogens with zero attached hydrogens (tertiary/aromatic N) is 6. The van der Waals surface area contributed by atoms with Gasteiger partial charge in [-0.3, -0.25) is 9.40 Å². The largest absolute Gasteiger partial charge is 0.479 e. The van der Waals surface area contributed by atoms with Crippen molar-refractivity contribution in [1.29, 1.82) is 0 Å². The lowest BCUT2D eigenvalue weighted by atomic mass is 10.3. The number of rotatable bonds is 6. The minimum Gasteiger partial charge on any atom is -0.479 e. The standard InChI is InChI=1S/C17H15F2N7O3S/c1-25-15-10(6-22-25)5-21-17(29-2)14(15)24-30(27,28)12-3-4-13(20-8-12)26-9-11(7-23-26)16(18)19/h3-9,16,24H,1-2H3. The summed E-state index contributed by atoms with van der Waals surface area (Å²) in [6, 6.07) is 2.65. The molecule has 13 heteroatoms. The van der Waals surface area contributed by atoms with E-state index in [9.17, 15) is 17.2 Å². The summed E-state index contributed by atoms with van der Waals surface area (Å²) < 4.78 is 61.5. The van der Waals surface area contributed by atoms with E-state index in [0.29, 0.717) is 10.9 Å². The van der Waals surface area contributed by atoms with Gasteiger partial charge in [-0.2, -0.15) is 10.2 Å². The van der Waals surface area contributed by atoms with E-state index in [-0.39, 0.29) is 27.8 Å². The van der Waals surface area contributed by atoms with Crippen molar-refractivity contribution in [3.05, 3.63) is 48.7 Å². The third kappa shape index (κ3) is 3.43. The van der Waals surface area contributed by atoms with Crippen molar-refractivity contribution in [3.8, 4) is 11.7 Å². The molecule has 10 nitrogen and oxygen atoms in total. The normalized spacial score (nSPS) is 11.9. The van der Waals surface area contributed by atoms with Crippen molar-refractivity contribution >= 4 is 26.6 Å². The van der Waals surface area contributed by atoms with Gasteiger partial charge in [0, 0.05) is 31.0 Å². The van der Waals surface area contributed by atoms with Crippen LogP contribution in [0.5, 0.6) is 5.88 Å². The predicted octanol–water partition coefficient (Wildman–Crippen LogP) is 2.30. The van der Waals surface area contributed by atoms with E-state index in [2.05, 4.69) is 24.9 Å². The van der Waals surface area contributed by atoms with Crippen molar-refractivity contribution in [1.82, 2.24) is 29.5 Å². The minimum absolute atomic E-state index is 0.0790. The van der Waals surface area contributed by atoms with E-state index in [0.717, 1.165) is 23.3 Å². The van der Waals surface area contributed by atoms with Crippen LogP contribution in [0, 0.1) is 0 Å². The highest BCUT2D eigenvalue weighted by molar-refractivity contribution is 7.92. The van der Waals surface area contributed by atoms with E-state index in [1.807, 2.05) is 0 Å². The van der Waals surface area contributed by atoms with Crippen LogP contribution in [0.4, 0.5) is 14.5 Å². The summed E-state index contributed by atoms with van der Waals surface area (Å²) in [4.78, 5) is 7.97. The summed E-state index contributed by atoms with van der Waals surface area (Å²) in [7, 11) is -1.03. The van der Waals surface area contributed by atoms with E-state index >= 15 is 0 Å². The second-order valence-electron chi connectivity index (χ2n) is 6.19. The third-order valence-electron chi connectivity index (χ3n) is 4.29. The molecular formula is C17H15F2N7O3S. The van der Waals surface area contributed by atoms with Gasteiger partial charge in [0.15, 0.2) is 5.82 Å². The number of hydrogen-bond acceptors (Lipinski definition) is 7. The quantitative estimate of drug-likeness (QED) is 0.494. The molecule has 4 heterocycles. The zero-order chi connectivity index (χ0) is 21.5. The summed E-state index contributed by atoms with van der Waals surface area (Å²) >= 11 is 0. The second-order valence-corrected chi connectivity index (χ2v) is 7.87. The lowest BCUT2D eigenvalue weighted by Crippen LogP contribution is -2.15. The first-order valence-electron chi connectivity index (χ1n) is 8.47. The molecule has 0 aromatic carbocycles. The maximum absolute atomic E-state index is 12.9. The zero-order valence-corrected chi connectivity index (χ0v) is 16.5. The molecule has 4 aromatic rings. The second kappa shape index (κ2) is 7.33. The van der Waals surface area contributed by atoms with E-state index in [1.165, 1.54) is 30.1 Å². The number of anilines is 1. The molecule has 0 aliphatic carbocycles. The molecule has 4 aromatic heterocycles. The molecule has 0 unspecified atom stereocenters. The maximum Gasteiger partial charge on any atom is 0.266 e. The fourth-order valence-corrected chi connectivity index (χ4v) is 3.84. The van der Waals surface area contributed by atoms with Gasteiger partial charge in [0.2, 0.25) is 5.88 Å². The molecular weight excluding hydrogens is 420 g/mol. The number of ether oxygens (including phenoxy) is 1. The van der Waals surface area contributed by atoms with Crippen LogP contribution in [0.1, 0.15) is 12.0 Å². The molecule has 0 aliphatic heterocycles. The number of sulfonamides is 1. The van der Waals surface area contributed by atoms with Gasteiger partial charge >= 0.3 is 0 Å². The highest BCUT2D eigenvalue weighted by Gasteiger charge is 2.22. The predicted molar refractivity (Wildman–Crippen MR) is 102 cm³/mol. The first-order valence-corrected chi connectivity index (χ1v) is 9.95. The van der Waals surface area contributed by atoms with Gasteiger partial charge in [0.25, 0.3) is 16.4 Å². The molecule has 30 heavy (non-hydrogen) atoms. The fraction of sp³-hybridized carbons (Fsp3) is 0.176. The van der Waals surface area contributed by atoms with Crippen molar-refractivity contribution in [2.75, 3.05) is 11.8 Å². The van der Waals surface area contributed by atoms with Crippen LogP contribution in [0.15, 0.2) is 48.0 Å². The highest BCUT2D eigenvalue weighted by atomic mass is 32.2. The Morgan fingerprint density at radius 1 is 1.10 bits per heavy atom. The van der Waals surface area contributed by atoms with Crippen LogP contribution < -0.4 is 9.46 Å². The topological polar surface area (TPSA) is 117 Å². The average Bonchev–Trinajstić information content (AvgIpc) is 3.36. The number of hydrogen-bond donors (Lipinski definition) is 1. The minimum atomic E-state index is -4.06. The molecule has 0 saturated heterocycles. The van der Waals surface area contributed by atoms with Crippen LogP contribution in [-0.2, 0) is 17.1 Å². The number of alkyl halides is 2. The Morgan fingerprint density at radius 2 is 1.90 bits per heavy atom. The van der Waals surface area contributed by atoms with Gasteiger partial charge in [-0.1, -0.05) is 0 Å². The molecule has 0 radical (unpaired) electrons. The molecule has 0 atom stereocenters. The number of aryl methyl sites for hydroxylation is 1. The van der Waals surface area contributed by atoms with Crippen LogP contribution >= 0.6 is 0 Å². The first-order chi connectivity index (χ1) is 14.3. The van der Waals surface area contributed by atoms with Crippen LogP contribution in [0.3, 0.4) is 0 Å². The number of nitrogens with one attached hydrogen (secondary N) is 1. The molecule has 0 fully saturated rings. The molecule has 0 spiro atoms. The first kappa shape index (κ1) is 19.7. The summed E-state index contributed by atoms with van der Waals surface area (Å²) in [6.45, 7) is 0. The fourth-order valence-electron chi connectivity index (χ4n) is 2.83. The van der Waals surface area contributed by atoms with Crippen molar-refractivity contribution in [2.24, 2.45) is 7.05 Å². The molecule has 156 valence electrons. The lowest BCUT2D eigenvalue weighted by molar-refractivity contribution is 0.151. The summed E-state index contributed by atoms with van der Waals surface area (Å²) in [6.07, 6.45) is 3.65. The Bertz CT molecular complexity index is 1320. The number of methoxy groups -OCH3 is 1. The maximum atomic E-state index is 12.9. The van der Waals surface area contributed by atoms with Crippen LogP contribution in [0.25, 0.3) is 16.7 Å². The Kier molecular flexibility index (Phi) is 4.81. The number of fused-ring (bicyclic) bond motifs is 1. The Hall–Kier alpha value is -3.61. The Labute approximate surface area is 169 Å². The van der Waals surface area contributed by atoms with E-state index in [1.54, 1.807) is 13.2 Å². The SMILES string of the molecule is COc1ncc2cnn(C)c2c1NS(=O)(=O)c1ccc(-n2cc(C(F)F)cn2)nc1. The molecule has 0 amide bonds. The third-order valence-corrected chi connectivity index (χ3v) is 5.62. The molecule has 4 rings (SSSR count). The lowest BCUT2D eigenvalue weighted by Gasteiger charge is -2.13. The molecule has 0 aliphatic rings. The Morgan fingerprint density at radius 3 is 2.53 bits per heavy atom. The summed E-state index contributed by atoms with van der Waals surface area (Å²) in [5, 5.41) is 8.53. The van der Waals surface area contributed by atoms with Crippen molar-refractivity contribution in [2.45, 2.75) is 11.3 Å². The number of aromatic nitrogens is 6. The Balaban J connectivity index is 1.68. The molecule has 0 bridgehead atoms. The van der Waals surface area contributed by atoms with Crippen molar-refractivity contribution in [3.63, 3.8) is 0 Å². The zero-order valence-electron chi connectivity index (χ0n) is 15.7. The summed E-state index contributed by atoms with van der Waals surface area (Å²) in [5.74, 6) is 0.268. The van der Waals surface area contributed by atoms with Gasteiger partial charge in [-0.25, -0.2) is 31.8 Å². The number of halogens is 2. The summed E-state index contributed by atoms with van der Waals surface area (Å²) in [5.41, 5.74) is 0.359. The monoisotopic (exact) mass is 435 g/mol. The molecule has 0 saturated carbocycles. The highest BCUT2D eigenvalue weighted by Crippen LogP contribution is 2.32. The van der Waals surface area contributed by atoms with Crippen LogP contribution in [-0.4, -0.2) is 45.1 Å². The molecule has 1 N–H and O–H groups in total. The number of pyridine rings is 2.